The van der Waals surface area contributed by atoms with Crippen molar-refractivity contribution < 1.29 is 9.53 Å². The maximum Gasteiger partial charge on any atom is 0.256 e. The maximum absolute atomic E-state index is 12.2. The molecule has 0 bridgehead atoms. The van der Waals surface area contributed by atoms with Crippen LogP contribution in [0.4, 0.5) is 5.82 Å². The van der Waals surface area contributed by atoms with Crippen LogP contribution >= 0.6 is 15.9 Å². The topological polar surface area (TPSA) is 67.0 Å². The predicted octanol–water partition coefficient (Wildman–Crippen LogP) is 3.73. The predicted molar refractivity (Wildman–Crippen MR) is 85.9 cm³/mol. The van der Waals surface area contributed by atoms with Crippen molar-refractivity contribution in [3.05, 3.63) is 40.0 Å². The lowest BCUT2D eigenvalue weighted by atomic mass is 9.92. The van der Waals surface area contributed by atoms with Crippen molar-refractivity contribution in [3.8, 4) is 5.75 Å². The molecule has 0 aliphatic rings. The van der Waals surface area contributed by atoms with Crippen molar-refractivity contribution in [2.24, 2.45) is 0 Å². The lowest BCUT2D eigenvalue weighted by Gasteiger charge is -2.14. The highest BCUT2D eigenvalue weighted by atomic mass is 79.9. The van der Waals surface area contributed by atoms with Gasteiger partial charge in [0.15, 0.2) is 5.82 Å². The molecule has 0 radical (unpaired) electrons. The molecule has 0 unspecified atom stereocenters. The minimum Gasteiger partial charge on any atom is -0.496 e. The average Bonchev–Trinajstić information content (AvgIpc) is 2.87. The van der Waals surface area contributed by atoms with Gasteiger partial charge in [0, 0.05) is 22.7 Å². The standard InChI is InChI=1S/C15H18BrN3O2/c1-15(2,3)12-8-13(19-18-12)17-14(20)9-5-6-11(21-4)10(16)7-9/h5-8H,1-4H3,(H2,17,18,19,20). The molecule has 21 heavy (non-hydrogen) atoms. The SMILES string of the molecule is COc1ccc(C(=O)Nc2cc(C(C)(C)C)[nH]n2)cc1Br. The average molecular weight is 352 g/mol. The molecule has 1 aromatic heterocycles. The van der Waals surface area contributed by atoms with Crippen LogP contribution in [0.5, 0.6) is 5.75 Å². The van der Waals surface area contributed by atoms with E-state index in [1.165, 1.54) is 0 Å². The number of H-pyrrole nitrogens is 1. The molecule has 0 saturated heterocycles. The summed E-state index contributed by atoms with van der Waals surface area (Å²) in [5.41, 5.74) is 1.45. The van der Waals surface area contributed by atoms with Gasteiger partial charge in [0.25, 0.3) is 5.91 Å². The zero-order valence-corrected chi connectivity index (χ0v) is 14.0. The van der Waals surface area contributed by atoms with E-state index in [1.54, 1.807) is 25.3 Å². The van der Waals surface area contributed by atoms with Crippen LogP contribution in [0.15, 0.2) is 28.7 Å². The van der Waals surface area contributed by atoms with Crippen LogP contribution in [-0.4, -0.2) is 23.2 Å². The van der Waals surface area contributed by atoms with Crippen molar-refractivity contribution in [1.82, 2.24) is 10.2 Å². The molecule has 112 valence electrons. The van der Waals surface area contributed by atoms with E-state index < -0.39 is 0 Å². The number of nitrogens with one attached hydrogen (secondary N) is 2. The molecule has 2 N–H and O–H groups in total. The fourth-order valence-electron chi connectivity index (χ4n) is 1.77. The Hall–Kier alpha value is -1.82. The van der Waals surface area contributed by atoms with Gasteiger partial charge in [0.1, 0.15) is 5.75 Å². The van der Waals surface area contributed by atoms with Crippen LogP contribution < -0.4 is 10.1 Å². The molecule has 0 atom stereocenters. The summed E-state index contributed by atoms with van der Waals surface area (Å²) in [6.07, 6.45) is 0. The van der Waals surface area contributed by atoms with E-state index in [9.17, 15) is 4.79 Å². The Kier molecular flexibility index (Phi) is 4.37. The van der Waals surface area contributed by atoms with Crippen LogP contribution in [0.2, 0.25) is 0 Å². The van der Waals surface area contributed by atoms with Crippen LogP contribution in [0.3, 0.4) is 0 Å². The van der Waals surface area contributed by atoms with Gasteiger partial charge in [-0.25, -0.2) is 0 Å². The van der Waals surface area contributed by atoms with E-state index in [2.05, 4.69) is 52.2 Å². The number of halogens is 1. The molecule has 0 fully saturated rings. The van der Waals surface area contributed by atoms with E-state index in [0.717, 1.165) is 10.2 Å². The largest absolute Gasteiger partial charge is 0.496 e. The maximum atomic E-state index is 12.2. The fraction of sp³-hybridized carbons (Fsp3) is 0.333. The van der Waals surface area contributed by atoms with Crippen molar-refractivity contribution in [2.45, 2.75) is 26.2 Å². The van der Waals surface area contributed by atoms with Gasteiger partial charge in [-0.05, 0) is 34.1 Å². The summed E-state index contributed by atoms with van der Waals surface area (Å²) >= 11 is 3.36. The Labute approximate surface area is 132 Å². The molecule has 1 amide bonds. The molecule has 2 aromatic rings. The molecule has 1 aromatic carbocycles. The Morgan fingerprint density at radius 1 is 1.33 bits per heavy atom. The third-order valence-electron chi connectivity index (χ3n) is 3.04. The Morgan fingerprint density at radius 2 is 2.05 bits per heavy atom. The Bertz CT molecular complexity index is 659. The van der Waals surface area contributed by atoms with Crippen molar-refractivity contribution in [1.29, 1.82) is 0 Å². The number of aromatic nitrogens is 2. The Balaban J connectivity index is 2.14. The number of methoxy groups -OCH3 is 1. The first-order valence-corrected chi connectivity index (χ1v) is 7.31. The molecule has 0 saturated carbocycles. The van der Waals surface area contributed by atoms with Crippen molar-refractivity contribution in [2.75, 3.05) is 12.4 Å². The monoisotopic (exact) mass is 351 g/mol. The number of hydrogen-bond donors (Lipinski definition) is 2. The summed E-state index contributed by atoms with van der Waals surface area (Å²) in [4.78, 5) is 12.2. The van der Waals surface area contributed by atoms with Crippen LogP contribution in [0.1, 0.15) is 36.8 Å². The summed E-state index contributed by atoms with van der Waals surface area (Å²) in [7, 11) is 1.58. The van der Waals surface area contributed by atoms with Gasteiger partial charge in [0.2, 0.25) is 0 Å². The summed E-state index contributed by atoms with van der Waals surface area (Å²) in [5, 5.41) is 9.82. The van der Waals surface area contributed by atoms with E-state index in [4.69, 9.17) is 4.74 Å². The molecule has 0 aliphatic carbocycles. The number of nitrogens with zero attached hydrogens (tertiary/aromatic N) is 1. The molecule has 0 spiro atoms. The zero-order valence-electron chi connectivity index (χ0n) is 12.5. The highest BCUT2D eigenvalue weighted by Gasteiger charge is 2.18. The third-order valence-corrected chi connectivity index (χ3v) is 3.66. The number of anilines is 1. The highest BCUT2D eigenvalue weighted by Crippen LogP contribution is 2.26. The molecule has 1 heterocycles. The highest BCUT2D eigenvalue weighted by molar-refractivity contribution is 9.10. The first kappa shape index (κ1) is 15.6. The zero-order chi connectivity index (χ0) is 15.6. The molecular weight excluding hydrogens is 334 g/mol. The number of carbonyl (C=O) groups is 1. The summed E-state index contributed by atoms with van der Waals surface area (Å²) in [5.74, 6) is 0.975. The van der Waals surface area contributed by atoms with Gasteiger partial charge in [-0.1, -0.05) is 20.8 Å². The van der Waals surface area contributed by atoms with E-state index >= 15 is 0 Å². The lowest BCUT2D eigenvalue weighted by Crippen LogP contribution is -2.12. The van der Waals surface area contributed by atoms with Crippen molar-refractivity contribution >= 4 is 27.7 Å². The quantitative estimate of drug-likeness (QED) is 0.885. The van der Waals surface area contributed by atoms with E-state index in [-0.39, 0.29) is 11.3 Å². The normalized spacial score (nSPS) is 11.3. The van der Waals surface area contributed by atoms with Crippen molar-refractivity contribution in [3.63, 3.8) is 0 Å². The second kappa shape index (κ2) is 5.89. The number of hydrogen-bond acceptors (Lipinski definition) is 3. The first-order chi connectivity index (χ1) is 9.81. The fourth-order valence-corrected chi connectivity index (χ4v) is 2.31. The Morgan fingerprint density at radius 3 is 2.57 bits per heavy atom. The summed E-state index contributed by atoms with van der Waals surface area (Å²) < 4.78 is 5.87. The number of rotatable bonds is 3. The van der Waals surface area contributed by atoms with Gasteiger partial charge < -0.3 is 10.1 Å². The van der Waals surface area contributed by atoms with Gasteiger partial charge in [-0.2, -0.15) is 5.10 Å². The number of amides is 1. The van der Waals surface area contributed by atoms with Crippen LogP contribution in [-0.2, 0) is 5.41 Å². The minimum absolute atomic E-state index is 0.0425. The van der Waals surface area contributed by atoms with Gasteiger partial charge >= 0.3 is 0 Å². The number of carbonyl (C=O) groups excluding carboxylic acids is 1. The van der Waals surface area contributed by atoms with E-state index in [0.29, 0.717) is 17.1 Å². The summed E-state index contributed by atoms with van der Waals surface area (Å²) in [6.45, 7) is 6.23. The third kappa shape index (κ3) is 3.64. The molecule has 6 heteroatoms. The number of benzene rings is 1. The van der Waals surface area contributed by atoms with Gasteiger partial charge in [-0.15, -0.1) is 0 Å². The van der Waals surface area contributed by atoms with Crippen LogP contribution in [0.25, 0.3) is 0 Å². The molecular formula is C15H18BrN3O2. The second-order valence-corrected chi connectivity index (χ2v) is 6.57. The van der Waals surface area contributed by atoms with Crippen LogP contribution in [0, 0.1) is 0 Å². The van der Waals surface area contributed by atoms with Gasteiger partial charge in [-0.3, -0.25) is 9.89 Å². The molecule has 2 rings (SSSR count). The van der Waals surface area contributed by atoms with Gasteiger partial charge in [0.05, 0.1) is 11.6 Å². The second-order valence-electron chi connectivity index (χ2n) is 5.72. The smallest absolute Gasteiger partial charge is 0.256 e. The number of ether oxygens (including phenoxy) is 1. The summed E-state index contributed by atoms with van der Waals surface area (Å²) in [6, 6.07) is 7.00. The van der Waals surface area contributed by atoms with E-state index in [1.807, 2.05) is 6.07 Å². The lowest BCUT2D eigenvalue weighted by molar-refractivity contribution is 0.102. The number of aromatic amines is 1. The minimum atomic E-state index is -0.217. The molecule has 5 nitrogen and oxygen atoms in total. The molecule has 0 aliphatic heterocycles. The first-order valence-electron chi connectivity index (χ1n) is 6.52.